The van der Waals surface area contributed by atoms with Gasteiger partial charge in [0.05, 0.1) is 0 Å². The highest BCUT2D eigenvalue weighted by Crippen LogP contribution is 2.40. The van der Waals surface area contributed by atoms with Crippen molar-refractivity contribution < 1.29 is 0 Å². The minimum Gasteiger partial charge on any atom is -0.311 e. The van der Waals surface area contributed by atoms with Crippen molar-refractivity contribution in [3.63, 3.8) is 0 Å². The second kappa shape index (κ2) is 5.94. The van der Waals surface area contributed by atoms with Crippen LogP contribution in [0, 0.1) is 5.92 Å². The number of benzene rings is 1. The normalized spacial score (nSPS) is 33.1. The minimum atomic E-state index is 0.703. The van der Waals surface area contributed by atoms with E-state index in [0.717, 1.165) is 17.2 Å². The van der Waals surface area contributed by atoms with Gasteiger partial charge in [-0.25, -0.2) is 0 Å². The van der Waals surface area contributed by atoms with Crippen molar-refractivity contribution >= 4 is 11.8 Å². The lowest BCUT2D eigenvalue weighted by atomic mass is 10.0. The second-order valence-electron chi connectivity index (χ2n) is 6.92. The van der Waals surface area contributed by atoms with Crippen molar-refractivity contribution in [2.45, 2.75) is 54.8 Å². The molecule has 3 unspecified atom stereocenters. The van der Waals surface area contributed by atoms with E-state index in [-0.39, 0.29) is 0 Å². The van der Waals surface area contributed by atoms with E-state index in [1.54, 1.807) is 5.56 Å². The molecule has 3 atom stereocenters. The van der Waals surface area contributed by atoms with E-state index in [0.29, 0.717) is 6.04 Å². The van der Waals surface area contributed by atoms with E-state index in [4.69, 9.17) is 0 Å². The molecule has 0 radical (unpaired) electrons. The van der Waals surface area contributed by atoms with Gasteiger partial charge in [-0.1, -0.05) is 25.1 Å². The van der Waals surface area contributed by atoms with E-state index in [2.05, 4.69) is 53.2 Å². The number of hydrogen-bond acceptors (Lipinski definition) is 3. The molecule has 1 aromatic rings. The summed E-state index contributed by atoms with van der Waals surface area (Å²) in [4.78, 5) is 4.35. The van der Waals surface area contributed by atoms with Gasteiger partial charge in [0.15, 0.2) is 0 Å². The van der Waals surface area contributed by atoms with Crippen molar-refractivity contribution in [2.75, 3.05) is 19.6 Å². The predicted molar refractivity (Wildman–Crippen MR) is 90.0 cm³/mol. The summed E-state index contributed by atoms with van der Waals surface area (Å²) in [6.07, 6.45) is 5.43. The molecule has 0 amide bonds. The standard InChI is InChI=1S/C18H26N2S/c1-2-15-11-20(17(10-19-15)13-7-8-13)12-16-9-14-5-3-4-6-18(14)21-16/h3-6,13,15-17,19H,2,7-12H2,1H3. The van der Waals surface area contributed by atoms with Crippen molar-refractivity contribution in [1.82, 2.24) is 10.2 Å². The van der Waals surface area contributed by atoms with Crippen molar-refractivity contribution in [1.29, 1.82) is 0 Å². The molecule has 2 nitrogen and oxygen atoms in total. The lowest BCUT2D eigenvalue weighted by molar-refractivity contribution is 0.114. The van der Waals surface area contributed by atoms with E-state index in [9.17, 15) is 0 Å². The molecule has 0 aromatic heterocycles. The summed E-state index contributed by atoms with van der Waals surface area (Å²) in [6.45, 7) is 6.06. The highest BCUT2D eigenvalue weighted by atomic mass is 32.2. The fourth-order valence-electron chi connectivity index (χ4n) is 3.95. The number of fused-ring (bicyclic) bond motifs is 1. The Labute approximate surface area is 132 Å². The molecule has 0 spiro atoms. The maximum absolute atomic E-state index is 3.76. The van der Waals surface area contributed by atoms with Crippen LogP contribution in [-0.2, 0) is 6.42 Å². The molecule has 1 aliphatic carbocycles. The fraction of sp³-hybridized carbons (Fsp3) is 0.667. The Morgan fingerprint density at radius 1 is 1.29 bits per heavy atom. The lowest BCUT2D eigenvalue weighted by Gasteiger charge is -2.41. The zero-order valence-corrected chi connectivity index (χ0v) is 13.7. The molecule has 3 aliphatic rings. The topological polar surface area (TPSA) is 15.3 Å². The van der Waals surface area contributed by atoms with Gasteiger partial charge >= 0.3 is 0 Å². The molecule has 1 saturated heterocycles. The largest absolute Gasteiger partial charge is 0.311 e. The third-order valence-corrected chi connectivity index (χ3v) is 6.65. The van der Waals surface area contributed by atoms with Crippen LogP contribution in [0.15, 0.2) is 29.2 Å². The molecule has 1 N–H and O–H groups in total. The summed E-state index contributed by atoms with van der Waals surface area (Å²) in [7, 11) is 0. The van der Waals surface area contributed by atoms with Crippen LogP contribution in [0.4, 0.5) is 0 Å². The van der Waals surface area contributed by atoms with Gasteiger partial charge in [-0.2, -0.15) is 0 Å². The number of nitrogens with one attached hydrogen (secondary N) is 1. The molecule has 114 valence electrons. The Bertz CT molecular complexity index is 475. The predicted octanol–water partition coefficient (Wildman–Crippen LogP) is 3.17. The first-order valence-electron chi connectivity index (χ1n) is 8.55. The quantitative estimate of drug-likeness (QED) is 0.920. The number of rotatable bonds is 4. The van der Waals surface area contributed by atoms with Crippen LogP contribution in [0.1, 0.15) is 31.7 Å². The number of hydrogen-bond donors (Lipinski definition) is 1. The maximum atomic E-state index is 3.76. The van der Waals surface area contributed by atoms with E-state index in [1.807, 2.05) is 0 Å². The molecule has 2 heterocycles. The van der Waals surface area contributed by atoms with Crippen molar-refractivity contribution in [2.24, 2.45) is 5.92 Å². The summed E-state index contributed by atoms with van der Waals surface area (Å²) in [5.41, 5.74) is 1.57. The Hall–Kier alpha value is -0.510. The molecule has 3 heteroatoms. The molecular formula is C18H26N2S. The second-order valence-corrected chi connectivity index (χ2v) is 8.27. The number of thioether (sulfide) groups is 1. The SMILES string of the molecule is CCC1CN(CC2Cc3ccccc3S2)C(C2CC2)CN1. The Morgan fingerprint density at radius 2 is 2.14 bits per heavy atom. The molecule has 1 aromatic carbocycles. The van der Waals surface area contributed by atoms with E-state index < -0.39 is 0 Å². The van der Waals surface area contributed by atoms with Crippen LogP contribution >= 0.6 is 11.8 Å². The summed E-state index contributed by atoms with van der Waals surface area (Å²) >= 11 is 2.11. The Morgan fingerprint density at radius 3 is 2.90 bits per heavy atom. The van der Waals surface area contributed by atoms with Gasteiger partial charge in [-0.3, -0.25) is 4.90 Å². The highest BCUT2D eigenvalue weighted by molar-refractivity contribution is 8.00. The van der Waals surface area contributed by atoms with Crippen LogP contribution in [-0.4, -0.2) is 41.9 Å². The van der Waals surface area contributed by atoms with Crippen LogP contribution in [0.25, 0.3) is 0 Å². The zero-order chi connectivity index (χ0) is 14.2. The van der Waals surface area contributed by atoms with Crippen molar-refractivity contribution in [3.05, 3.63) is 29.8 Å². The lowest BCUT2D eigenvalue weighted by Crippen LogP contribution is -2.58. The van der Waals surface area contributed by atoms with Gasteiger partial charge in [0.1, 0.15) is 0 Å². The van der Waals surface area contributed by atoms with Gasteiger partial charge in [-0.15, -0.1) is 11.8 Å². The molecule has 0 bridgehead atoms. The van der Waals surface area contributed by atoms with E-state index >= 15 is 0 Å². The van der Waals surface area contributed by atoms with Gasteiger partial charge < -0.3 is 5.32 Å². The average molecular weight is 302 g/mol. The van der Waals surface area contributed by atoms with Crippen molar-refractivity contribution in [3.8, 4) is 0 Å². The smallest absolute Gasteiger partial charge is 0.0263 e. The summed E-state index contributed by atoms with van der Waals surface area (Å²) < 4.78 is 0. The summed E-state index contributed by atoms with van der Waals surface area (Å²) in [5, 5.41) is 4.53. The highest BCUT2D eigenvalue weighted by Gasteiger charge is 2.39. The third-order valence-electron chi connectivity index (χ3n) is 5.35. The molecule has 2 fully saturated rings. The third kappa shape index (κ3) is 3.01. The van der Waals surface area contributed by atoms with Crippen LogP contribution < -0.4 is 5.32 Å². The Balaban J connectivity index is 1.42. The molecule has 21 heavy (non-hydrogen) atoms. The van der Waals surface area contributed by atoms with Crippen LogP contribution in [0.3, 0.4) is 0 Å². The fourth-order valence-corrected chi connectivity index (χ4v) is 5.29. The molecule has 4 rings (SSSR count). The first-order valence-corrected chi connectivity index (χ1v) is 9.43. The van der Waals surface area contributed by atoms with E-state index in [1.165, 1.54) is 50.2 Å². The molecule has 2 aliphatic heterocycles. The first kappa shape index (κ1) is 14.1. The van der Waals surface area contributed by atoms with Gasteiger partial charge in [0.2, 0.25) is 0 Å². The van der Waals surface area contributed by atoms with Gasteiger partial charge in [0, 0.05) is 41.9 Å². The van der Waals surface area contributed by atoms with Crippen LogP contribution in [0.2, 0.25) is 0 Å². The monoisotopic (exact) mass is 302 g/mol. The number of nitrogens with zero attached hydrogens (tertiary/aromatic N) is 1. The number of piperazine rings is 1. The molecular weight excluding hydrogens is 276 g/mol. The summed E-state index contributed by atoms with van der Waals surface area (Å²) in [5.74, 6) is 0.976. The maximum Gasteiger partial charge on any atom is 0.0263 e. The zero-order valence-electron chi connectivity index (χ0n) is 12.9. The van der Waals surface area contributed by atoms with Gasteiger partial charge in [-0.05, 0) is 43.2 Å². The first-order chi connectivity index (χ1) is 10.3. The van der Waals surface area contributed by atoms with Gasteiger partial charge in [0.25, 0.3) is 0 Å². The van der Waals surface area contributed by atoms with Crippen LogP contribution in [0.5, 0.6) is 0 Å². The summed E-state index contributed by atoms with van der Waals surface area (Å²) in [6, 6.07) is 10.5. The average Bonchev–Trinajstić information content (AvgIpc) is 3.26. The minimum absolute atomic E-state index is 0.703. The Kier molecular flexibility index (Phi) is 3.99. The molecule has 1 saturated carbocycles.